The first-order valence-corrected chi connectivity index (χ1v) is 3.41. The van der Waals surface area contributed by atoms with Crippen LogP contribution < -0.4 is 5.73 Å². The fraction of sp³-hybridized carbons (Fsp3) is 0. The van der Waals surface area contributed by atoms with E-state index in [2.05, 4.69) is 5.16 Å². The first kappa shape index (κ1) is 6.84. The van der Waals surface area contributed by atoms with Crippen molar-refractivity contribution >= 4 is 16.9 Å². The van der Waals surface area contributed by atoms with Crippen LogP contribution in [-0.2, 0) is 0 Å². The maximum atomic E-state index is 10.7. The predicted molar refractivity (Wildman–Crippen MR) is 42.5 cm³/mol. The minimum Gasteiger partial charge on any atom is -0.366 e. The molecule has 0 saturated heterocycles. The molecule has 0 spiro atoms. The van der Waals surface area contributed by atoms with Crippen molar-refractivity contribution in [3.8, 4) is 0 Å². The van der Waals surface area contributed by atoms with Crippen molar-refractivity contribution in [1.29, 1.82) is 0 Å². The van der Waals surface area contributed by atoms with E-state index in [4.69, 9.17) is 10.3 Å². The van der Waals surface area contributed by atoms with Gasteiger partial charge in [0, 0.05) is 10.9 Å². The summed E-state index contributed by atoms with van der Waals surface area (Å²) in [5.74, 6) is -0.465. The molecule has 2 aromatic rings. The van der Waals surface area contributed by atoms with E-state index in [-0.39, 0.29) is 0 Å². The molecule has 0 bridgehead atoms. The Labute approximate surface area is 67.9 Å². The molecule has 60 valence electrons. The summed E-state index contributed by atoms with van der Waals surface area (Å²) in [5, 5.41) is 4.44. The van der Waals surface area contributed by atoms with Crippen LogP contribution in [0.25, 0.3) is 11.0 Å². The molecular weight excluding hydrogens is 156 g/mol. The third kappa shape index (κ3) is 0.934. The molecule has 2 rings (SSSR count). The summed E-state index contributed by atoms with van der Waals surface area (Å²) < 4.78 is 4.85. The Morgan fingerprint density at radius 1 is 1.50 bits per heavy atom. The van der Waals surface area contributed by atoms with Crippen molar-refractivity contribution in [1.82, 2.24) is 5.16 Å². The van der Waals surface area contributed by atoms with Gasteiger partial charge in [-0.1, -0.05) is 5.16 Å². The van der Waals surface area contributed by atoms with Gasteiger partial charge in [-0.25, -0.2) is 0 Å². The molecule has 4 heteroatoms. The topological polar surface area (TPSA) is 69.1 Å². The van der Waals surface area contributed by atoms with Crippen LogP contribution in [0.1, 0.15) is 10.4 Å². The number of fused-ring (bicyclic) bond motifs is 1. The molecule has 1 aromatic heterocycles. The minimum atomic E-state index is -0.465. The molecule has 0 atom stereocenters. The van der Waals surface area contributed by atoms with E-state index in [0.29, 0.717) is 11.1 Å². The number of benzene rings is 1. The Kier molecular flexibility index (Phi) is 1.33. The van der Waals surface area contributed by atoms with Crippen molar-refractivity contribution in [2.45, 2.75) is 0 Å². The van der Waals surface area contributed by atoms with Crippen LogP contribution in [0.2, 0.25) is 0 Å². The molecule has 0 unspecified atom stereocenters. The lowest BCUT2D eigenvalue weighted by Crippen LogP contribution is -2.10. The molecule has 0 fully saturated rings. The first-order chi connectivity index (χ1) is 5.77. The highest BCUT2D eigenvalue weighted by atomic mass is 16.5. The minimum absolute atomic E-state index is 0.430. The molecule has 0 saturated carbocycles. The second-order valence-electron chi connectivity index (χ2n) is 2.44. The smallest absolute Gasteiger partial charge is 0.248 e. The fourth-order valence-electron chi connectivity index (χ4n) is 1.01. The van der Waals surface area contributed by atoms with Gasteiger partial charge in [-0.2, -0.15) is 0 Å². The molecule has 2 N–H and O–H groups in total. The van der Waals surface area contributed by atoms with Crippen molar-refractivity contribution in [3.05, 3.63) is 30.0 Å². The summed E-state index contributed by atoms with van der Waals surface area (Å²) >= 11 is 0. The second kappa shape index (κ2) is 2.34. The van der Waals surface area contributed by atoms with Crippen molar-refractivity contribution in [2.24, 2.45) is 5.73 Å². The average molecular weight is 162 g/mol. The average Bonchev–Trinajstić information content (AvgIpc) is 2.49. The van der Waals surface area contributed by atoms with Crippen LogP contribution in [-0.4, -0.2) is 11.1 Å². The molecule has 1 heterocycles. The maximum absolute atomic E-state index is 10.7. The third-order valence-electron chi connectivity index (χ3n) is 1.64. The lowest BCUT2D eigenvalue weighted by Gasteiger charge is -1.92. The third-order valence-corrected chi connectivity index (χ3v) is 1.64. The summed E-state index contributed by atoms with van der Waals surface area (Å²) in [6, 6.07) is 4.96. The summed E-state index contributed by atoms with van der Waals surface area (Å²) in [4.78, 5) is 10.7. The van der Waals surface area contributed by atoms with Gasteiger partial charge in [0.05, 0.1) is 6.20 Å². The summed E-state index contributed by atoms with van der Waals surface area (Å²) in [7, 11) is 0. The lowest BCUT2D eigenvalue weighted by molar-refractivity contribution is 0.100. The van der Waals surface area contributed by atoms with Gasteiger partial charge in [-0.3, -0.25) is 4.79 Å². The van der Waals surface area contributed by atoms with Gasteiger partial charge in [-0.05, 0) is 18.2 Å². The van der Waals surface area contributed by atoms with Gasteiger partial charge in [0.25, 0.3) is 0 Å². The molecule has 1 amide bonds. The number of primary amides is 1. The van der Waals surface area contributed by atoms with Gasteiger partial charge < -0.3 is 10.3 Å². The zero-order chi connectivity index (χ0) is 8.55. The number of nitrogens with zero attached hydrogens (tertiary/aromatic N) is 1. The number of nitrogens with two attached hydrogens (primary N) is 1. The Morgan fingerprint density at radius 2 is 2.33 bits per heavy atom. The molecule has 0 radical (unpaired) electrons. The number of rotatable bonds is 1. The zero-order valence-corrected chi connectivity index (χ0v) is 6.15. The predicted octanol–water partition coefficient (Wildman–Crippen LogP) is 0.927. The number of hydrogen-bond donors (Lipinski definition) is 1. The molecule has 0 aliphatic rings. The summed E-state index contributed by atoms with van der Waals surface area (Å²) in [6.07, 6.45) is 1.58. The molecule has 1 aromatic carbocycles. The van der Waals surface area contributed by atoms with Crippen LogP contribution in [0.5, 0.6) is 0 Å². The highest BCUT2D eigenvalue weighted by molar-refractivity contribution is 5.96. The van der Waals surface area contributed by atoms with Gasteiger partial charge >= 0.3 is 0 Å². The van der Waals surface area contributed by atoms with Crippen LogP contribution in [0.15, 0.2) is 28.9 Å². The number of carbonyl (C=O) groups is 1. The van der Waals surface area contributed by atoms with E-state index in [1.54, 1.807) is 24.4 Å². The molecule has 0 aliphatic heterocycles. The van der Waals surface area contributed by atoms with Crippen molar-refractivity contribution in [3.63, 3.8) is 0 Å². The van der Waals surface area contributed by atoms with Crippen molar-refractivity contribution < 1.29 is 9.32 Å². The van der Waals surface area contributed by atoms with Gasteiger partial charge in [-0.15, -0.1) is 0 Å². The number of aromatic nitrogens is 1. The largest absolute Gasteiger partial charge is 0.366 e. The van der Waals surface area contributed by atoms with E-state index in [1.807, 2.05) is 0 Å². The summed E-state index contributed by atoms with van der Waals surface area (Å²) in [6.45, 7) is 0. The first-order valence-electron chi connectivity index (χ1n) is 3.41. The standard InChI is InChI=1S/C8H6N2O2/c9-8(11)5-1-2-6-4-10-12-7(6)3-5/h1-4H,(H2,9,11). The van der Waals surface area contributed by atoms with Crippen LogP contribution in [0, 0.1) is 0 Å². The quantitative estimate of drug-likeness (QED) is 0.678. The van der Waals surface area contributed by atoms with Gasteiger partial charge in [0.2, 0.25) is 5.91 Å². The van der Waals surface area contributed by atoms with Gasteiger partial charge in [0.1, 0.15) is 0 Å². The Morgan fingerprint density at radius 3 is 3.08 bits per heavy atom. The van der Waals surface area contributed by atoms with Crippen LogP contribution >= 0.6 is 0 Å². The maximum Gasteiger partial charge on any atom is 0.248 e. The highest BCUT2D eigenvalue weighted by Crippen LogP contribution is 2.14. The van der Waals surface area contributed by atoms with E-state index >= 15 is 0 Å². The van der Waals surface area contributed by atoms with E-state index < -0.39 is 5.91 Å². The summed E-state index contributed by atoms with van der Waals surface area (Å²) in [5.41, 5.74) is 6.08. The normalized spacial score (nSPS) is 10.3. The molecule has 0 aliphatic carbocycles. The Bertz CT molecular complexity index is 433. The van der Waals surface area contributed by atoms with Crippen molar-refractivity contribution in [2.75, 3.05) is 0 Å². The molecule has 12 heavy (non-hydrogen) atoms. The lowest BCUT2D eigenvalue weighted by atomic mass is 10.2. The number of hydrogen-bond acceptors (Lipinski definition) is 3. The van der Waals surface area contributed by atoms with Gasteiger partial charge in [0.15, 0.2) is 5.58 Å². The van der Waals surface area contributed by atoms with Crippen LogP contribution in [0.3, 0.4) is 0 Å². The fourth-order valence-corrected chi connectivity index (χ4v) is 1.01. The zero-order valence-electron chi connectivity index (χ0n) is 6.15. The monoisotopic (exact) mass is 162 g/mol. The van der Waals surface area contributed by atoms with Crippen LogP contribution in [0.4, 0.5) is 0 Å². The highest BCUT2D eigenvalue weighted by Gasteiger charge is 2.03. The molecular formula is C8H6N2O2. The number of amides is 1. The Balaban J connectivity index is 2.68. The molecule has 4 nitrogen and oxygen atoms in total. The van der Waals surface area contributed by atoms with E-state index in [9.17, 15) is 4.79 Å². The van der Waals surface area contributed by atoms with E-state index in [1.165, 1.54) is 0 Å². The second-order valence-corrected chi connectivity index (χ2v) is 2.44. The van der Waals surface area contributed by atoms with E-state index in [0.717, 1.165) is 5.39 Å². The Hall–Kier alpha value is -1.84. The number of carbonyl (C=O) groups excluding carboxylic acids is 1. The SMILES string of the molecule is NC(=O)c1ccc2cnoc2c1.